The minimum Gasteiger partial charge on any atom is -0.258 e. The van der Waals surface area contributed by atoms with Gasteiger partial charge in [0, 0.05) is 17.9 Å². The van der Waals surface area contributed by atoms with Crippen molar-refractivity contribution in [3.05, 3.63) is 69.8 Å². The van der Waals surface area contributed by atoms with Gasteiger partial charge in [-0.3, -0.25) is 10.1 Å². The van der Waals surface area contributed by atoms with Crippen molar-refractivity contribution in [2.75, 3.05) is 12.0 Å². The molecule has 0 aromatic heterocycles. The molecule has 26 heavy (non-hydrogen) atoms. The Morgan fingerprint density at radius 1 is 1.04 bits per heavy atom. The second-order valence-corrected chi connectivity index (χ2v) is 9.70. The van der Waals surface area contributed by atoms with Crippen molar-refractivity contribution in [1.82, 2.24) is 4.72 Å². The van der Waals surface area contributed by atoms with Crippen LogP contribution in [0.4, 0.5) is 5.69 Å². The largest absolute Gasteiger partial charge is 0.273 e. The monoisotopic (exact) mass is 398 g/mol. The molecular weight excluding hydrogens is 380 g/mol. The van der Waals surface area contributed by atoms with E-state index < -0.39 is 36.6 Å². The number of rotatable bonds is 7. The van der Waals surface area contributed by atoms with Crippen molar-refractivity contribution in [3.8, 4) is 0 Å². The summed E-state index contributed by atoms with van der Waals surface area (Å²) >= 11 is 0. The molecule has 0 aliphatic carbocycles. The molecule has 140 valence electrons. The van der Waals surface area contributed by atoms with Crippen LogP contribution < -0.4 is 4.72 Å². The maximum atomic E-state index is 12.8. The standard InChI is InChI=1S/C16H18N2O6S2/c1-12-15(18(19)20)9-6-10-16(12)26(23,24)17-14(11-25(2,21)22)13-7-4-3-5-8-13/h3-10,14,17H,11H2,1-2H3/t14-/m1/s1. The van der Waals surface area contributed by atoms with Crippen LogP contribution >= 0.6 is 0 Å². The van der Waals surface area contributed by atoms with Crippen LogP contribution in [0.5, 0.6) is 0 Å². The van der Waals surface area contributed by atoms with E-state index in [9.17, 15) is 26.9 Å². The average molecular weight is 398 g/mol. The molecular formula is C16H18N2O6S2. The molecule has 10 heteroatoms. The summed E-state index contributed by atoms with van der Waals surface area (Å²) in [5.74, 6) is -0.440. The fourth-order valence-electron chi connectivity index (χ4n) is 2.53. The van der Waals surface area contributed by atoms with E-state index in [1.54, 1.807) is 30.3 Å². The van der Waals surface area contributed by atoms with Gasteiger partial charge in [-0.05, 0) is 18.6 Å². The minimum atomic E-state index is -4.19. The van der Waals surface area contributed by atoms with Gasteiger partial charge in [-0.15, -0.1) is 0 Å². The number of nitro groups is 1. The Morgan fingerprint density at radius 3 is 2.19 bits per heavy atom. The Labute approximate surface area is 152 Å². The fraction of sp³-hybridized carbons (Fsp3) is 0.250. The Hall–Kier alpha value is -2.30. The van der Waals surface area contributed by atoms with E-state index in [2.05, 4.69) is 4.72 Å². The van der Waals surface area contributed by atoms with Crippen LogP contribution in [0, 0.1) is 17.0 Å². The molecule has 0 aliphatic heterocycles. The molecule has 0 fully saturated rings. The molecule has 0 bridgehead atoms. The number of benzene rings is 2. The molecule has 0 radical (unpaired) electrons. The van der Waals surface area contributed by atoms with Gasteiger partial charge >= 0.3 is 0 Å². The molecule has 0 spiro atoms. The van der Waals surface area contributed by atoms with Gasteiger partial charge in [0.05, 0.1) is 21.6 Å². The van der Waals surface area contributed by atoms with Crippen LogP contribution in [-0.4, -0.2) is 33.8 Å². The summed E-state index contributed by atoms with van der Waals surface area (Å²) in [7, 11) is -7.68. The Morgan fingerprint density at radius 2 is 1.65 bits per heavy atom. The zero-order chi connectivity index (χ0) is 19.5. The third-order valence-corrected chi connectivity index (χ3v) is 6.27. The predicted molar refractivity (Wildman–Crippen MR) is 97.0 cm³/mol. The van der Waals surface area contributed by atoms with E-state index in [0.717, 1.165) is 6.26 Å². The number of sulfone groups is 1. The first-order valence-corrected chi connectivity index (χ1v) is 11.0. The molecule has 2 aromatic rings. The van der Waals surface area contributed by atoms with Gasteiger partial charge in [-0.1, -0.05) is 36.4 Å². The van der Waals surface area contributed by atoms with E-state index >= 15 is 0 Å². The van der Waals surface area contributed by atoms with Crippen molar-refractivity contribution in [3.63, 3.8) is 0 Å². The lowest BCUT2D eigenvalue weighted by molar-refractivity contribution is -0.385. The van der Waals surface area contributed by atoms with Crippen LogP contribution in [0.3, 0.4) is 0 Å². The van der Waals surface area contributed by atoms with Crippen molar-refractivity contribution >= 4 is 25.5 Å². The van der Waals surface area contributed by atoms with Gasteiger partial charge in [-0.2, -0.15) is 0 Å². The van der Waals surface area contributed by atoms with Gasteiger partial charge in [0.2, 0.25) is 10.0 Å². The lowest BCUT2D eigenvalue weighted by atomic mass is 10.1. The van der Waals surface area contributed by atoms with Gasteiger partial charge in [0.25, 0.3) is 5.69 Å². The molecule has 8 nitrogen and oxygen atoms in total. The lowest BCUT2D eigenvalue weighted by Gasteiger charge is -2.19. The van der Waals surface area contributed by atoms with E-state index in [0.29, 0.717) is 5.56 Å². The molecule has 0 saturated heterocycles. The average Bonchev–Trinajstić information content (AvgIpc) is 2.53. The number of nitro benzene ring substituents is 1. The molecule has 1 N–H and O–H groups in total. The summed E-state index contributed by atoms with van der Waals surface area (Å²) < 4.78 is 51.3. The second kappa shape index (κ2) is 7.52. The smallest absolute Gasteiger partial charge is 0.258 e. The third kappa shape index (κ3) is 4.87. The fourth-order valence-corrected chi connectivity index (χ4v) is 5.00. The van der Waals surface area contributed by atoms with Gasteiger partial charge in [-0.25, -0.2) is 21.6 Å². The van der Waals surface area contributed by atoms with Gasteiger partial charge < -0.3 is 0 Å². The maximum absolute atomic E-state index is 12.8. The third-order valence-electron chi connectivity index (χ3n) is 3.71. The summed E-state index contributed by atoms with van der Waals surface area (Å²) in [5, 5.41) is 11.0. The normalized spacial score (nSPS) is 13.3. The minimum absolute atomic E-state index is 0.0174. The Kier molecular flexibility index (Phi) is 5.79. The van der Waals surface area contributed by atoms with E-state index in [-0.39, 0.29) is 16.1 Å². The van der Waals surface area contributed by atoms with Gasteiger partial charge in [0.15, 0.2) is 0 Å². The number of nitrogens with zero attached hydrogens (tertiary/aromatic N) is 1. The van der Waals surface area contributed by atoms with Crippen molar-refractivity contribution in [2.24, 2.45) is 0 Å². The topological polar surface area (TPSA) is 123 Å². The number of sulfonamides is 1. The number of hydrogen-bond donors (Lipinski definition) is 1. The quantitative estimate of drug-likeness (QED) is 0.562. The lowest BCUT2D eigenvalue weighted by Crippen LogP contribution is -2.33. The van der Waals surface area contributed by atoms with Crippen LogP contribution in [0.1, 0.15) is 17.2 Å². The molecule has 0 saturated carbocycles. The van der Waals surface area contributed by atoms with E-state index in [4.69, 9.17) is 0 Å². The molecule has 2 aromatic carbocycles. The molecule has 0 unspecified atom stereocenters. The number of nitrogens with one attached hydrogen (secondary N) is 1. The predicted octanol–water partition coefficient (Wildman–Crippen LogP) is 1.97. The van der Waals surface area contributed by atoms with Crippen molar-refractivity contribution in [1.29, 1.82) is 0 Å². The Bertz CT molecular complexity index is 1020. The molecule has 0 heterocycles. The highest BCUT2D eigenvalue weighted by Crippen LogP contribution is 2.26. The SMILES string of the molecule is Cc1c([N+](=O)[O-])cccc1S(=O)(=O)N[C@H](CS(C)(=O)=O)c1ccccc1. The van der Waals surface area contributed by atoms with Crippen LogP contribution in [-0.2, 0) is 19.9 Å². The summed E-state index contributed by atoms with van der Waals surface area (Å²) in [6.45, 7) is 1.33. The Balaban J connectivity index is 2.48. The van der Waals surface area contributed by atoms with Crippen molar-refractivity contribution < 1.29 is 21.8 Å². The first kappa shape index (κ1) is 20.0. The summed E-state index contributed by atoms with van der Waals surface area (Å²) in [5.41, 5.74) is 0.132. The van der Waals surface area contributed by atoms with Crippen LogP contribution in [0.2, 0.25) is 0 Å². The molecule has 0 aliphatic rings. The van der Waals surface area contributed by atoms with Crippen molar-refractivity contribution in [2.45, 2.75) is 17.9 Å². The van der Waals surface area contributed by atoms with Crippen LogP contribution in [0.25, 0.3) is 0 Å². The second-order valence-electron chi connectivity index (χ2n) is 5.83. The summed E-state index contributed by atoms with van der Waals surface area (Å²) in [4.78, 5) is 10.1. The summed E-state index contributed by atoms with van der Waals surface area (Å²) in [6, 6.07) is 11.0. The highest BCUT2D eigenvalue weighted by molar-refractivity contribution is 7.91. The first-order chi connectivity index (χ1) is 12.0. The highest BCUT2D eigenvalue weighted by Gasteiger charge is 2.28. The molecule has 0 amide bonds. The molecule has 1 atom stereocenters. The number of hydrogen-bond acceptors (Lipinski definition) is 6. The van der Waals surface area contributed by atoms with E-state index in [1.807, 2.05) is 0 Å². The zero-order valence-corrected chi connectivity index (χ0v) is 15.7. The highest BCUT2D eigenvalue weighted by atomic mass is 32.2. The van der Waals surface area contributed by atoms with E-state index in [1.165, 1.54) is 25.1 Å². The van der Waals surface area contributed by atoms with Crippen LogP contribution in [0.15, 0.2) is 53.4 Å². The zero-order valence-electron chi connectivity index (χ0n) is 14.1. The maximum Gasteiger partial charge on any atom is 0.273 e. The first-order valence-electron chi connectivity index (χ1n) is 7.50. The van der Waals surface area contributed by atoms with Gasteiger partial charge in [0.1, 0.15) is 9.84 Å². The summed E-state index contributed by atoms with van der Waals surface area (Å²) in [6.07, 6.45) is 1.01. The molecule has 2 rings (SSSR count).